The van der Waals surface area contributed by atoms with Crippen molar-refractivity contribution < 1.29 is 27.5 Å². The van der Waals surface area contributed by atoms with E-state index in [-0.39, 0.29) is 24.1 Å². The molecule has 0 atom stereocenters. The summed E-state index contributed by atoms with van der Waals surface area (Å²) >= 11 is 0. The number of hydrogen-bond donors (Lipinski definition) is 0. The molecule has 0 spiro atoms. The lowest BCUT2D eigenvalue weighted by Crippen LogP contribution is -2.22. The number of methoxy groups -OCH3 is 1. The van der Waals surface area contributed by atoms with Crippen LogP contribution in [-0.4, -0.2) is 36.5 Å². The van der Waals surface area contributed by atoms with Gasteiger partial charge >= 0.3 is 6.18 Å². The van der Waals surface area contributed by atoms with Gasteiger partial charge in [0.25, 0.3) is 5.78 Å². The van der Waals surface area contributed by atoms with Crippen molar-refractivity contribution in [2.45, 2.75) is 12.7 Å². The molecule has 21 heavy (non-hydrogen) atoms. The van der Waals surface area contributed by atoms with Gasteiger partial charge in [-0.1, -0.05) is 12.1 Å². The smallest absolute Gasteiger partial charge is 0.383 e. The molecule has 0 aliphatic carbocycles. The Labute approximate surface area is 118 Å². The Kier molecular flexibility index (Phi) is 4.13. The van der Waals surface area contributed by atoms with E-state index in [0.29, 0.717) is 11.8 Å². The summed E-state index contributed by atoms with van der Waals surface area (Å²) in [5, 5.41) is 0.0194. The van der Waals surface area contributed by atoms with E-state index in [1.165, 1.54) is 17.7 Å². The van der Waals surface area contributed by atoms with Gasteiger partial charge in [0.2, 0.25) is 0 Å². The minimum Gasteiger partial charge on any atom is -0.383 e. The fraction of sp³-hybridized carbons (Fsp3) is 0.286. The monoisotopic (exact) mass is 299 g/mol. The summed E-state index contributed by atoms with van der Waals surface area (Å²) in [6.45, 7) is 0.551. The molecule has 1 heterocycles. The number of aldehydes is 1. The highest BCUT2D eigenvalue weighted by Gasteiger charge is 2.41. The SMILES string of the molecule is COCCn1cc(C(=O)C(F)(F)F)c2c(C=O)cccc21. The standard InChI is InChI=1S/C14H12F3NO3/c1-21-6-5-18-7-10(13(20)14(15,16)17)12-9(8-19)3-2-4-11(12)18/h2-4,7-8H,5-6H2,1H3. The fourth-order valence-corrected chi connectivity index (χ4v) is 2.18. The maximum atomic E-state index is 12.7. The van der Waals surface area contributed by atoms with Gasteiger partial charge in [0.15, 0.2) is 6.29 Å². The van der Waals surface area contributed by atoms with Crippen molar-refractivity contribution in [1.82, 2.24) is 4.57 Å². The van der Waals surface area contributed by atoms with Crippen LogP contribution in [0.2, 0.25) is 0 Å². The molecule has 0 N–H and O–H groups in total. The lowest BCUT2D eigenvalue weighted by atomic mass is 10.0. The molecule has 7 heteroatoms. The molecule has 112 valence electrons. The fourth-order valence-electron chi connectivity index (χ4n) is 2.18. The molecular weight excluding hydrogens is 287 g/mol. The van der Waals surface area contributed by atoms with Crippen molar-refractivity contribution in [2.75, 3.05) is 13.7 Å². The highest BCUT2D eigenvalue weighted by molar-refractivity contribution is 6.14. The highest BCUT2D eigenvalue weighted by atomic mass is 19.4. The Morgan fingerprint density at radius 1 is 1.38 bits per heavy atom. The minimum atomic E-state index is -4.99. The van der Waals surface area contributed by atoms with Gasteiger partial charge in [0, 0.05) is 36.3 Å². The Morgan fingerprint density at radius 3 is 2.67 bits per heavy atom. The average Bonchev–Trinajstić information content (AvgIpc) is 2.82. The molecule has 0 saturated heterocycles. The molecule has 0 radical (unpaired) electrons. The molecule has 0 fully saturated rings. The number of Topliss-reactive ketones (excluding diaryl/α,β-unsaturated/α-hetero) is 1. The van der Waals surface area contributed by atoms with E-state index < -0.39 is 17.5 Å². The molecule has 1 aromatic heterocycles. The quantitative estimate of drug-likeness (QED) is 0.630. The lowest BCUT2D eigenvalue weighted by molar-refractivity contribution is -0.0884. The predicted octanol–water partition coefficient (Wildman–Crippen LogP) is 2.85. The van der Waals surface area contributed by atoms with Gasteiger partial charge in [-0.2, -0.15) is 13.2 Å². The first-order valence-electron chi connectivity index (χ1n) is 6.07. The molecule has 2 aromatic rings. The van der Waals surface area contributed by atoms with E-state index >= 15 is 0 Å². The first kappa shape index (κ1) is 15.2. The summed E-state index contributed by atoms with van der Waals surface area (Å²) in [5.41, 5.74) is -0.0724. The predicted molar refractivity (Wildman–Crippen MR) is 69.6 cm³/mol. The zero-order chi connectivity index (χ0) is 15.6. The summed E-state index contributed by atoms with van der Waals surface area (Å²) in [6.07, 6.45) is -3.43. The molecular formula is C14H12F3NO3. The molecule has 0 amide bonds. The summed E-state index contributed by atoms with van der Waals surface area (Å²) < 4.78 is 44.4. The Hall–Kier alpha value is -2.15. The summed E-state index contributed by atoms with van der Waals surface area (Å²) in [4.78, 5) is 22.6. The van der Waals surface area contributed by atoms with Crippen molar-refractivity contribution in [3.8, 4) is 0 Å². The van der Waals surface area contributed by atoms with Crippen molar-refractivity contribution in [3.05, 3.63) is 35.5 Å². The number of hydrogen-bond acceptors (Lipinski definition) is 3. The zero-order valence-electron chi connectivity index (χ0n) is 11.1. The molecule has 0 aliphatic rings. The maximum Gasteiger partial charge on any atom is 0.454 e. The van der Waals surface area contributed by atoms with Crippen LogP contribution in [0.25, 0.3) is 10.9 Å². The average molecular weight is 299 g/mol. The highest BCUT2D eigenvalue weighted by Crippen LogP contribution is 2.30. The number of ether oxygens (including phenoxy) is 1. The second-order valence-electron chi connectivity index (χ2n) is 4.42. The third-order valence-corrected chi connectivity index (χ3v) is 3.10. The number of rotatable bonds is 5. The number of alkyl halides is 3. The van der Waals surface area contributed by atoms with Crippen LogP contribution in [0.15, 0.2) is 24.4 Å². The molecule has 0 bridgehead atoms. The number of halogens is 3. The molecule has 1 aromatic carbocycles. The van der Waals surface area contributed by atoms with E-state index in [0.717, 1.165) is 6.20 Å². The van der Waals surface area contributed by atoms with Crippen LogP contribution in [0.3, 0.4) is 0 Å². The van der Waals surface area contributed by atoms with Crippen molar-refractivity contribution >= 4 is 23.0 Å². The minimum absolute atomic E-state index is 0.0194. The summed E-state index contributed by atoms with van der Waals surface area (Å²) in [7, 11) is 1.46. The van der Waals surface area contributed by atoms with Crippen molar-refractivity contribution in [2.24, 2.45) is 0 Å². The van der Waals surface area contributed by atoms with Gasteiger partial charge in [0.1, 0.15) is 0 Å². The zero-order valence-corrected chi connectivity index (χ0v) is 11.1. The van der Waals surface area contributed by atoms with Crippen LogP contribution < -0.4 is 0 Å². The number of carbonyl (C=O) groups excluding carboxylic acids is 2. The van der Waals surface area contributed by atoms with Crippen molar-refractivity contribution in [1.29, 1.82) is 0 Å². The first-order chi connectivity index (χ1) is 9.90. The second-order valence-corrected chi connectivity index (χ2v) is 4.42. The lowest BCUT2D eigenvalue weighted by Gasteiger charge is -2.04. The van der Waals surface area contributed by atoms with Crippen LogP contribution in [-0.2, 0) is 11.3 Å². The van der Waals surface area contributed by atoms with Gasteiger partial charge in [-0.25, -0.2) is 0 Å². The van der Waals surface area contributed by atoms with Crippen LogP contribution >= 0.6 is 0 Å². The molecule has 4 nitrogen and oxygen atoms in total. The first-order valence-corrected chi connectivity index (χ1v) is 6.07. The molecule has 2 rings (SSSR count). The van der Waals surface area contributed by atoms with Crippen LogP contribution in [0.5, 0.6) is 0 Å². The van der Waals surface area contributed by atoms with Crippen molar-refractivity contribution in [3.63, 3.8) is 0 Å². The van der Waals surface area contributed by atoms with E-state index in [2.05, 4.69) is 0 Å². The number of fused-ring (bicyclic) bond motifs is 1. The third-order valence-electron chi connectivity index (χ3n) is 3.10. The number of nitrogens with zero attached hydrogens (tertiary/aromatic N) is 1. The number of carbonyl (C=O) groups is 2. The topological polar surface area (TPSA) is 48.3 Å². The molecule has 0 aliphatic heterocycles. The van der Waals surface area contributed by atoms with Gasteiger partial charge in [-0.3, -0.25) is 9.59 Å². The molecule has 0 unspecified atom stereocenters. The Morgan fingerprint density at radius 2 is 2.10 bits per heavy atom. The van der Waals surface area contributed by atoms with Crippen LogP contribution in [0, 0.1) is 0 Å². The number of benzene rings is 1. The molecule has 0 saturated carbocycles. The normalized spacial score (nSPS) is 11.8. The number of aromatic nitrogens is 1. The van der Waals surface area contributed by atoms with E-state index in [9.17, 15) is 22.8 Å². The van der Waals surface area contributed by atoms with Gasteiger partial charge in [0.05, 0.1) is 12.2 Å². The maximum absolute atomic E-state index is 12.7. The van der Waals surface area contributed by atoms with Gasteiger partial charge in [-0.05, 0) is 6.07 Å². The van der Waals surface area contributed by atoms with E-state index in [1.807, 2.05) is 0 Å². The van der Waals surface area contributed by atoms with Crippen LogP contribution in [0.4, 0.5) is 13.2 Å². The second kappa shape index (κ2) is 5.69. The van der Waals surface area contributed by atoms with Gasteiger partial charge in [-0.15, -0.1) is 0 Å². The Bertz CT molecular complexity index is 689. The summed E-state index contributed by atoms with van der Waals surface area (Å²) in [5.74, 6) is -1.96. The Balaban J connectivity index is 2.69. The summed E-state index contributed by atoms with van der Waals surface area (Å²) in [6, 6.07) is 4.49. The van der Waals surface area contributed by atoms with Crippen LogP contribution in [0.1, 0.15) is 20.7 Å². The number of ketones is 1. The largest absolute Gasteiger partial charge is 0.454 e. The van der Waals surface area contributed by atoms with Gasteiger partial charge < -0.3 is 9.30 Å². The van der Waals surface area contributed by atoms with E-state index in [4.69, 9.17) is 4.74 Å². The third kappa shape index (κ3) is 2.82. The van der Waals surface area contributed by atoms with E-state index in [1.54, 1.807) is 12.1 Å².